The number of nitrogens with one attached hydrogen (secondary N) is 1. The number of amides is 1. The number of aryl methyl sites for hydroxylation is 1. The summed E-state index contributed by atoms with van der Waals surface area (Å²) in [5.41, 5.74) is 1.31. The van der Waals surface area contributed by atoms with Crippen LogP contribution in [-0.2, 0) is 6.18 Å². The minimum Gasteiger partial charge on any atom is -0.345 e. The second kappa shape index (κ2) is 7.86. The molecule has 2 aromatic carbocycles. The topological polar surface area (TPSA) is 59.3 Å². The van der Waals surface area contributed by atoms with Crippen molar-refractivity contribution in [1.82, 2.24) is 19.9 Å². The molecule has 0 saturated carbocycles. The average molecular weight is 424 g/mol. The molecule has 8 heteroatoms. The normalized spacial score (nSPS) is 12.7. The monoisotopic (exact) mass is 424 g/mol. The molecular weight excluding hydrogens is 405 g/mol. The Morgan fingerprint density at radius 1 is 1.06 bits per heavy atom. The Hall–Kier alpha value is -3.68. The van der Waals surface area contributed by atoms with Gasteiger partial charge in [-0.05, 0) is 25.5 Å². The van der Waals surface area contributed by atoms with Crippen LogP contribution in [0.15, 0.2) is 66.9 Å². The van der Waals surface area contributed by atoms with E-state index >= 15 is 0 Å². The van der Waals surface area contributed by atoms with Crippen molar-refractivity contribution < 1.29 is 18.0 Å². The Morgan fingerprint density at radius 2 is 1.74 bits per heavy atom. The van der Waals surface area contributed by atoms with Crippen molar-refractivity contribution in [1.29, 1.82) is 0 Å². The van der Waals surface area contributed by atoms with E-state index in [-0.39, 0.29) is 22.9 Å². The Morgan fingerprint density at radius 3 is 2.39 bits per heavy atom. The molecule has 0 aliphatic rings. The molecule has 0 radical (unpaired) electrons. The first-order valence-corrected chi connectivity index (χ1v) is 9.63. The number of rotatable bonds is 4. The molecule has 2 heterocycles. The van der Waals surface area contributed by atoms with Crippen LogP contribution in [0.1, 0.15) is 40.1 Å². The second-order valence-corrected chi connectivity index (χ2v) is 7.29. The van der Waals surface area contributed by atoms with Crippen molar-refractivity contribution in [2.24, 2.45) is 0 Å². The zero-order valence-corrected chi connectivity index (χ0v) is 16.8. The molecule has 31 heavy (non-hydrogen) atoms. The lowest BCUT2D eigenvalue weighted by Gasteiger charge is -2.14. The summed E-state index contributed by atoms with van der Waals surface area (Å²) in [6, 6.07) is 16.8. The molecule has 5 nitrogen and oxygen atoms in total. The fourth-order valence-corrected chi connectivity index (χ4v) is 3.30. The zero-order chi connectivity index (χ0) is 22.2. The highest BCUT2D eigenvalue weighted by Crippen LogP contribution is 2.33. The van der Waals surface area contributed by atoms with Crippen molar-refractivity contribution in [3.05, 3.63) is 89.2 Å². The lowest BCUT2D eigenvalue weighted by molar-refractivity contribution is -0.142. The maximum Gasteiger partial charge on any atom is 0.433 e. The summed E-state index contributed by atoms with van der Waals surface area (Å²) >= 11 is 0. The van der Waals surface area contributed by atoms with E-state index in [2.05, 4.69) is 15.4 Å². The first-order chi connectivity index (χ1) is 14.7. The van der Waals surface area contributed by atoms with Crippen molar-refractivity contribution in [2.45, 2.75) is 26.1 Å². The molecule has 0 aliphatic heterocycles. The molecule has 0 bridgehead atoms. The van der Waals surface area contributed by atoms with Gasteiger partial charge in [0.1, 0.15) is 5.56 Å². The molecule has 1 amide bonds. The molecule has 0 spiro atoms. The highest BCUT2D eigenvalue weighted by atomic mass is 19.4. The van der Waals surface area contributed by atoms with Gasteiger partial charge in [0.25, 0.3) is 5.91 Å². The van der Waals surface area contributed by atoms with Gasteiger partial charge in [0.15, 0.2) is 11.3 Å². The van der Waals surface area contributed by atoms with Gasteiger partial charge in [-0.3, -0.25) is 4.79 Å². The summed E-state index contributed by atoms with van der Waals surface area (Å²) in [4.78, 5) is 17.2. The van der Waals surface area contributed by atoms with Crippen LogP contribution in [0.2, 0.25) is 0 Å². The SMILES string of the molecule is Cc1ccc(-c2cc(C(F)(F)F)n3ncc(C(=O)N[C@@H](C)c4ccccc4)c3n2)cc1. The van der Waals surface area contributed by atoms with Crippen LogP contribution in [0.5, 0.6) is 0 Å². The zero-order valence-electron chi connectivity index (χ0n) is 16.8. The number of hydrogen-bond acceptors (Lipinski definition) is 3. The van der Waals surface area contributed by atoms with Crippen LogP contribution >= 0.6 is 0 Å². The lowest BCUT2D eigenvalue weighted by Crippen LogP contribution is -2.26. The summed E-state index contributed by atoms with van der Waals surface area (Å²) < 4.78 is 41.9. The second-order valence-electron chi connectivity index (χ2n) is 7.29. The smallest absolute Gasteiger partial charge is 0.345 e. The van der Waals surface area contributed by atoms with Crippen molar-refractivity contribution in [3.63, 3.8) is 0 Å². The van der Waals surface area contributed by atoms with E-state index in [1.807, 2.05) is 37.3 Å². The van der Waals surface area contributed by atoms with Crippen LogP contribution in [0.25, 0.3) is 16.9 Å². The van der Waals surface area contributed by atoms with E-state index in [0.717, 1.165) is 23.4 Å². The van der Waals surface area contributed by atoms with Crippen LogP contribution in [0.3, 0.4) is 0 Å². The largest absolute Gasteiger partial charge is 0.433 e. The van der Waals surface area contributed by atoms with Crippen molar-refractivity contribution >= 4 is 11.6 Å². The van der Waals surface area contributed by atoms with Crippen LogP contribution in [0, 0.1) is 6.92 Å². The fourth-order valence-electron chi connectivity index (χ4n) is 3.30. The highest BCUT2D eigenvalue weighted by Gasteiger charge is 2.36. The highest BCUT2D eigenvalue weighted by molar-refractivity contribution is 6.00. The van der Waals surface area contributed by atoms with Gasteiger partial charge in [-0.2, -0.15) is 18.3 Å². The molecular formula is C23H19F3N4O. The minimum atomic E-state index is -4.67. The molecule has 1 atom stereocenters. The van der Waals surface area contributed by atoms with Crippen LogP contribution < -0.4 is 5.32 Å². The summed E-state index contributed by atoms with van der Waals surface area (Å²) in [5, 5.41) is 6.61. The van der Waals surface area contributed by atoms with Crippen molar-refractivity contribution in [2.75, 3.05) is 0 Å². The molecule has 0 unspecified atom stereocenters. The lowest BCUT2D eigenvalue weighted by atomic mass is 10.1. The predicted octanol–water partition coefficient (Wildman–Crippen LogP) is 5.21. The van der Waals surface area contributed by atoms with E-state index in [1.165, 1.54) is 0 Å². The number of benzene rings is 2. The summed E-state index contributed by atoms with van der Waals surface area (Å²) in [6.07, 6.45) is -3.55. The third kappa shape index (κ3) is 4.14. The third-order valence-electron chi connectivity index (χ3n) is 5.00. The molecule has 4 aromatic rings. The van der Waals surface area contributed by atoms with E-state index in [1.54, 1.807) is 31.2 Å². The molecule has 0 aliphatic carbocycles. The quantitative estimate of drug-likeness (QED) is 0.489. The Kier molecular flexibility index (Phi) is 5.22. The maximum absolute atomic E-state index is 13.7. The summed E-state index contributed by atoms with van der Waals surface area (Å²) in [7, 11) is 0. The number of carbonyl (C=O) groups excluding carboxylic acids is 1. The molecule has 0 fully saturated rings. The van der Waals surface area contributed by atoms with E-state index in [0.29, 0.717) is 10.1 Å². The van der Waals surface area contributed by atoms with Gasteiger partial charge in [0.2, 0.25) is 0 Å². The number of carbonyl (C=O) groups is 1. The Labute approximate surface area is 176 Å². The first kappa shape index (κ1) is 20.6. The van der Waals surface area contributed by atoms with E-state index in [9.17, 15) is 18.0 Å². The summed E-state index contributed by atoms with van der Waals surface area (Å²) in [5.74, 6) is -0.548. The number of fused-ring (bicyclic) bond motifs is 1. The van der Waals surface area contributed by atoms with E-state index < -0.39 is 17.8 Å². The van der Waals surface area contributed by atoms with Gasteiger partial charge in [-0.25, -0.2) is 9.50 Å². The van der Waals surface area contributed by atoms with Crippen molar-refractivity contribution in [3.8, 4) is 11.3 Å². The molecule has 4 rings (SSSR count). The minimum absolute atomic E-state index is 0.0257. The first-order valence-electron chi connectivity index (χ1n) is 9.63. The van der Waals surface area contributed by atoms with Crippen LogP contribution in [0.4, 0.5) is 13.2 Å². The van der Waals surface area contributed by atoms with Gasteiger partial charge in [-0.1, -0.05) is 60.2 Å². The average Bonchev–Trinajstić information content (AvgIpc) is 3.17. The number of halogens is 3. The van der Waals surface area contributed by atoms with Gasteiger partial charge >= 0.3 is 6.18 Å². The molecule has 2 aromatic heterocycles. The molecule has 1 N–H and O–H groups in total. The van der Waals surface area contributed by atoms with Crippen LogP contribution in [-0.4, -0.2) is 20.5 Å². The van der Waals surface area contributed by atoms with Gasteiger partial charge in [0.05, 0.1) is 17.9 Å². The fraction of sp³-hybridized carbons (Fsp3) is 0.174. The third-order valence-corrected chi connectivity index (χ3v) is 5.00. The number of nitrogens with zero attached hydrogens (tertiary/aromatic N) is 3. The predicted molar refractivity (Wildman–Crippen MR) is 110 cm³/mol. The molecule has 0 saturated heterocycles. The molecule has 158 valence electrons. The van der Waals surface area contributed by atoms with E-state index in [4.69, 9.17) is 0 Å². The van der Waals surface area contributed by atoms with Gasteiger partial charge in [-0.15, -0.1) is 0 Å². The number of hydrogen-bond donors (Lipinski definition) is 1. The Balaban J connectivity index is 1.79. The summed E-state index contributed by atoms with van der Waals surface area (Å²) in [6.45, 7) is 3.68. The maximum atomic E-state index is 13.7. The number of alkyl halides is 3. The van der Waals surface area contributed by atoms with Gasteiger partial charge in [0, 0.05) is 5.56 Å². The number of aromatic nitrogens is 3. The standard InChI is InChI=1S/C23H19F3N4O/c1-14-8-10-17(11-9-14)19-12-20(23(24,25)26)30-21(29-19)18(13-27-30)22(31)28-15(2)16-6-4-3-5-7-16/h3-13,15H,1-2H3,(H,28,31)/t15-/m0/s1. The van der Waals surface area contributed by atoms with Gasteiger partial charge < -0.3 is 5.32 Å². The Bertz CT molecular complexity index is 1230.